The molecule has 31 heavy (non-hydrogen) atoms. The Kier molecular flexibility index (Phi) is 7.00. The molecule has 0 N–H and O–H groups in total. The molecule has 0 radical (unpaired) electrons. The third kappa shape index (κ3) is 5.32. The van der Waals surface area contributed by atoms with E-state index in [1.807, 2.05) is 60.7 Å². The van der Waals surface area contributed by atoms with Crippen molar-refractivity contribution < 1.29 is 4.79 Å². The van der Waals surface area contributed by atoms with Crippen LogP contribution >= 0.6 is 34.9 Å². The van der Waals surface area contributed by atoms with Gasteiger partial charge in [-0.25, -0.2) is 4.98 Å². The molecule has 3 aromatic carbocycles. The zero-order valence-electron chi connectivity index (χ0n) is 17.7. The highest BCUT2D eigenvalue weighted by atomic mass is 32.2. The number of carbonyl (C=O) groups is 1. The molecule has 0 aliphatic carbocycles. The van der Waals surface area contributed by atoms with E-state index < -0.39 is 0 Å². The Balaban J connectivity index is 1.69. The number of aromatic nitrogens is 1. The number of hydrogen-bond acceptors (Lipinski definition) is 5. The van der Waals surface area contributed by atoms with Gasteiger partial charge in [0.05, 0.1) is 16.8 Å². The number of rotatable bonds is 7. The van der Waals surface area contributed by atoms with Crippen molar-refractivity contribution in [2.45, 2.75) is 35.4 Å². The molecule has 3 nitrogen and oxygen atoms in total. The number of fused-ring (bicyclic) bond motifs is 1. The summed E-state index contributed by atoms with van der Waals surface area (Å²) in [5.74, 6) is -0.0332. The van der Waals surface area contributed by atoms with Crippen LogP contribution in [0.4, 0.5) is 5.13 Å². The maximum atomic E-state index is 13.6. The molecule has 158 valence electrons. The van der Waals surface area contributed by atoms with Gasteiger partial charge in [-0.05, 0) is 54.3 Å². The Morgan fingerprint density at radius 2 is 1.71 bits per heavy atom. The van der Waals surface area contributed by atoms with Crippen molar-refractivity contribution in [1.29, 1.82) is 0 Å². The second-order valence-corrected chi connectivity index (χ2v) is 10.9. The molecule has 1 heterocycles. The fourth-order valence-electron chi connectivity index (χ4n) is 3.23. The van der Waals surface area contributed by atoms with Crippen molar-refractivity contribution in [1.82, 2.24) is 4.98 Å². The van der Waals surface area contributed by atoms with Crippen molar-refractivity contribution in [3.8, 4) is 0 Å². The first-order valence-corrected chi connectivity index (χ1v) is 13.0. The van der Waals surface area contributed by atoms with Crippen LogP contribution in [0.1, 0.15) is 29.8 Å². The van der Waals surface area contributed by atoms with Gasteiger partial charge in [0.2, 0.25) is 0 Å². The zero-order valence-corrected chi connectivity index (χ0v) is 20.2. The number of nitrogens with zero attached hydrogens (tertiary/aromatic N) is 2. The lowest BCUT2D eigenvalue weighted by atomic mass is 10.1. The zero-order chi connectivity index (χ0) is 21.8. The van der Waals surface area contributed by atoms with E-state index >= 15 is 0 Å². The highest BCUT2D eigenvalue weighted by Crippen LogP contribution is 2.33. The van der Waals surface area contributed by atoms with Gasteiger partial charge in [0.25, 0.3) is 5.91 Å². The smallest absolute Gasteiger partial charge is 0.260 e. The predicted octanol–water partition coefficient (Wildman–Crippen LogP) is 7.37. The van der Waals surface area contributed by atoms with Crippen molar-refractivity contribution >= 4 is 56.1 Å². The molecule has 0 saturated heterocycles. The summed E-state index contributed by atoms with van der Waals surface area (Å²) >= 11 is 5.07. The summed E-state index contributed by atoms with van der Waals surface area (Å²) in [6.45, 7) is 4.82. The summed E-state index contributed by atoms with van der Waals surface area (Å²) in [6, 6.07) is 24.2. The summed E-state index contributed by atoms with van der Waals surface area (Å²) in [5.41, 5.74) is 2.67. The first-order valence-electron chi connectivity index (χ1n) is 10.1. The van der Waals surface area contributed by atoms with Gasteiger partial charge >= 0.3 is 0 Å². The molecule has 1 amide bonds. The van der Waals surface area contributed by atoms with Gasteiger partial charge in [0, 0.05) is 20.6 Å². The van der Waals surface area contributed by atoms with E-state index in [2.05, 4.69) is 32.2 Å². The van der Waals surface area contributed by atoms with Gasteiger partial charge in [0.1, 0.15) is 0 Å². The molecule has 0 spiro atoms. The van der Waals surface area contributed by atoms with Gasteiger partial charge in [-0.2, -0.15) is 0 Å². The number of hydrogen-bond donors (Lipinski definition) is 0. The second-order valence-electron chi connectivity index (χ2n) is 7.40. The Bertz CT molecular complexity index is 1170. The van der Waals surface area contributed by atoms with Crippen LogP contribution in [-0.4, -0.2) is 22.4 Å². The molecule has 4 aromatic rings. The summed E-state index contributed by atoms with van der Waals surface area (Å²) in [5, 5.41) is 1.23. The Labute approximate surface area is 195 Å². The van der Waals surface area contributed by atoms with Crippen LogP contribution in [0.15, 0.2) is 82.6 Å². The summed E-state index contributed by atoms with van der Waals surface area (Å²) in [4.78, 5) is 22.5. The largest absolute Gasteiger partial charge is 0.279 e. The van der Waals surface area contributed by atoms with Gasteiger partial charge in [-0.3, -0.25) is 9.69 Å². The van der Waals surface area contributed by atoms with Crippen LogP contribution < -0.4 is 4.90 Å². The number of amides is 1. The van der Waals surface area contributed by atoms with E-state index in [0.717, 1.165) is 20.9 Å². The number of benzene rings is 3. The Morgan fingerprint density at radius 3 is 2.39 bits per heavy atom. The SMILES string of the molecule is CSc1ccc2nc(N(Cc3ccccc3)C(=O)c3ccc(SC(C)C)cc3)sc2c1. The normalized spacial score (nSPS) is 11.2. The number of thiazole rings is 1. The number of carbonyl (C=O) groups excluding carboxylic acids is 1. The summed E-state index contributed by atoms with van der Waals surface area (Å²) < 4.78 is 1.09. The first-order chi connectivity index (χ1) is 15.0. The molecule has 0 bridgehead atoms. The molecule has 0 aliphatic rings. The maximum absolute atomic E-state index is 13.6. The van der Waals surface area contributed by atoms with Crippen LogP contribution in [0.2, 0.25) is 0 Å². The average Bonchev–Trinajstić information content (AvgIpc) is 3.20. The van der Waals surface area contributed by atoms with E-state index in [0.29, 0.717) is 17.4 Å². The molecule has 6 heteroatoms. The Hall–Kier alpha value is -2.28. The standard InChI is InChI=1S/C25H24N2OS3/c1-17(2)30-20-11-9-19(10-12-20)24(28)27(16-18-7-5-4-6-8-18)25-26-22-14-13-21(29-3)15-23(22)31-25/h4-15,17H,16H2,1-3H3. The molecule has 0 atom stereocenters. The van der Waals surface area contributed by atoms with Gasteiger partial charge in [0.15, 0.2) is 5.13 Å². The van der Waals surface area contributed by atoms with Crippen molar-refractivity contribution in [3.63, 3.8) is 0 Å². The molecular formula is C25H24N2OS3. The minimum atomic E-state index is -0.0332. The average molecular weight is 465 g/mol. The first kappa shape index (κ1) is 21.9. The van der Waals surface area contributed by atoms with Gasteiger partial charge in [-0.1, -0.05) is 55.5 Å². The van der Waals surface area contributed by atoms with E-state index in [4.69, 9.17) is 4.98 Å². The summed E-state index contributed by atoms with van der Waals surface area (Å²) in [7, 11) is 0. The molecule has 0 saturated carbocycles. The van der Waals surface area contributed by atoms with Crippen LogP contribution in [0.25, 0.3) is 10.2 Å². The molecule has 0 aliphatic heterocycles. The fraction of sp³-hybridized carbons (Fsp3) is 0.200. The van der Waals surface area contributed by atoms with E-state index in [9.17, 15) is 4.79 Å². The van der Waals surface area contributed by atoms with E-state index in [-0.39, 0.29) is 5.91 Å². The lowest BCUT2D eigenvalue weighted by Crippen LogP contribution is -2.30. The number of anilines is 1. The lowest BCUT2D eigenvalue weighted by molar-refractivity contribution is 0.0985. The monoisotopic (exact) mass is 464 g/mol. The van der Waals surface area contributed by atoms with Crippen molar-refractivity contribution in [2.24, 2.45) is 0 Å². The van der Waals surface area contributed by atoms with Crippen molar-refractivity contribution in [3.05, 3.63) is 83.9 Å². The van der Waals surface area contributed by atoms with Crippen LogP contribution in [0.5, 0.6) is 0 Å². The van der Waals surface area contributed by atoms with Crippen LogP contribution in [0, 0.1) is 0 Å². The highest BCUT2D eigenvalue weighted by molar-refractivity contribution is 8.00. The fourth-order valence-corrected chi connectivity index (χ4v) is 5.59. The topological polar surface area (TPSA) is 33.2 Å². The second kappa shape index (κ2) is 9.90. The minimum Gasteiger partial charge on any atom is -0.279 e. The molecule has 0 unspecified atom stereocenters. The van der Waals surface area contributed by atoms with Crippen LogP contribution in [-0.2, 0) is 6.54 Å². The predicted molar refractivity (Wildman–Crippen MR) is 136 cm³/mol. The molecule has 1 aromatic heterocycles. The third-order valence-electron chi connectivity index (χ3n) is 4.72. The highest BCUT2D eigenvalue weighted by Gasteiger charge is 2.22. The maximum Gasteiger partial charge on any atom is 0.260 e. The molecular weight excluding hydrogens is 440 g/mol. The Morgan fingerprint density at radius 1 is 1.00 bits per heavy atom. The van der Waals surface area contributed by atoms with Gasteiger partial charge in [-0.15, -0.1) is 23.5 Å². The third-order valence-corrected chi connectivity index (χ3v) is 7.50. The quantitative estimate of drug-likeness (QED) is 0.267. The summed E-state index contributed by atoms with van der Waals surface area (Å²) in [6.07, 6.45) is 2.07. The van der Waals surface area contributed by atoms with E-state index in [1.165, 1.54) is 9.79 Å². The lowest BCUT2D eigenvalue weighted by Gasteiger charge is -2.20. The van der Waals surface area contributed by atoms with E-state index in [1.54, 1.807) is 39.8 Å². The van der Waals surface area contributed by atoms with Gasteiger partial charge < -0.3 is 0 Å². The van der Waals surface area contributed by atoms with Crippen LogP contribution in [0.3, 0.4) is 0 Å². The minimum absolute atomic E-state index is 0.0332. The van der Waals surface area contributed by atoms with Crippen molar-refractivity contribution in [2.75, 3.05) is 11.2 Å². The number of thioether (sulfide) groups is 2. The molecule has 4 rings (SSSR count). The molecule has 0 fully saturated rings.